The van der Waals surface area contributed by atoms with Crippen LogP contribution in [0.5, 0.6) is 0 Å². The summed E-state index contributed by atoms with van der Waals surface area (Å²) in [6.45, 7) is 10.3. The molecule has 1 heteroatoms. The molecule has 0 bridgehead atoms. The second-order valence-electron chi connectivity index (χ2n) is 5.54. The first-order valence-corrected chi connectivity index (χ1v) is 6.45. The van der Waals surface area contributed by atoms with Crippen molar-refractivity contribution in [3.63, 3.8) is 0 Å². The lowest BCUT2D eigenvalue weighted by atomic mass is 9.85. The molecule has 1 aromatic rings. The van der Waals surface area contributed by atoms with Gasteiger partial charge in [-0.2, -0.15) is 0 Å². The van der Waals surface area contributed by atoms with Gasteiger partial charge in [-0.25, -0.2) is 0 Å². The van der Waals surface area contributed by atoms with Gasteiger partial charge in [-0.05, 0) is 41.5 Å². The molecule has 1 aromatic carbocycles. The minimum absolute atomic E-state index is 0.544. The van der Waals surface area contributed by atoms with Crippen LogP contribution in [0.4, 0.5) is 0 Å². The van der Waals surface area contributed by atoms with Crippen molar-refractivity contribution < 1.29 is 0 Å². The van der Waals surface area contributed by atoms with E-state index in [1.165, 1.54) is 17.5 Å². The molecule has 0 aliphatic carbocycles. The molecule has 0 fully saturated rings. The zero-order chi connectivity index (χ0) is 11.7. The molecule has 0 amide bonds. The molecule has 0 saturated heterocycles. The van der Waals surface area contributed by atoms with Gasteiger partial charge in [-0.15, -0.1) is 0 Å². The smallest absolute Gasteiger partial charge is 0.0346 e. The maximum absolute atomic E-state index is 3.64. The molecule has 1 N–H and O–H groups in total. The van der Waals surface area contributed by atoms with Crippen LogP contribution >= 0.6 is 0 Å². The Hall–Kier alpha value is -0.820. The normalized spacial score (nSPS) is 20.2. The first-order chi connectivity index (χ1) is 7.59. The summed E-state index contributed by atoms with van der Waals surface area (Å²) < 4.78 is 0. The van der Waals surface area contributed by atoms with Crippen molar-refractivity contribution in [3.8, 4) is 0 Å². The highest BCUT2D eigenvalue weighted by atomic mass is 14.9. The predicted molar refractivity (Wildman–Crippen MR) is 69.8 cm³/mol. The Morgan fingerprint density at radius 1 is 1.19 bits per heavy atom. The molecule has 1 unspecified atom stereocenters. The summed E-state index contributed by atoms with van der Waals surface area (Å²) in [6, 6.07) is 7.59. The van der Waals surface area contributed by atoms with Crippen molar-refractivity contribution in [2.75, 3.05) is 6.54 Å². The van der Waals surface area contributed by atoms with Crippen LogP contribution in [0.2, 0.25) is 0 Å². The van der Waals surface area contributed by atoms with Gasteiger partial charge in [0, 0.05) is 6.04 Å². The van der Waals surface area contributed by atoms with E-state index in [0.29, 0.717) is 17.9 Å². The highest BCUT2D eigenvalue weighted by Gasteiger charge is 2.22. The van der Waals surface area contributed by atoms with Crippen molar-refractivity contribution >= 4 is 0 Å². The van der Waals surface area contributed by atoms with Crippen LogP contribution in [0, 0.1) is 5.92 Å². The van der Waals surface area contributed by atoms with Crippen LogP contribution in [-0.4, -0.2) is 6.54 Å². The van der Waals surface area contributed by atoms with E-state index in [1.54, 1.807) is 5.56 Å². The summed E-state index contributed by atoms with van der Waals surface area (Å²) in [5, 5.41) is 3.64. The van der Waals surface area contributed by atoms with Gasteiger partial charge < -0.3 is 5.32 Å². The van der Waals surface area contributed by atoms with E-state index in [1.807, 2.05) is 0 Å². The Morgan fingerprint density at radius 3 is 2.56 bits per heavy atom. The fraction of sp³-hybridized carbons (Fsp3) is 0.600. The van der Waals surface area contributed by atoms with Gasteiger partial charge in [0.1, 0.15) is 0 Å². The van der Waals surface area contributed by atoms with Gasteiger partial charge in [0.15, 0.2) is 0 Å². The van der Waals surface area contributed by atoms with Crippen LogP contribution < -0.4 is 5.32 Å². The molecule has 1 heterocycles. The molecular formula is C15H23N. The Kier molecular flexibility index (Phi) is 3.34. The number of hydrogen-bond acceptors (Lipinski definition) is 1. The van der Waals surface area contributed by atoms with Gasteiger partial charge in [-0.3, -0.25) is 0 Å². The molecule has 0 aromatic heterocycles. The monoisotopic (exact) mass is 217 g/mol. The third-order valence-electron chi connectivity index (χ3n) is 3.60. The van der Waals surface area contributed by atoms with Crippen molar-refractivity contribution in [3.05, 3.63) is 34.9 Å². The summed E-state index contributed by atoms with van der Waals surface area (Å²) >= 11 is 0. The van der Waals surface area contributed by atoms with Crippen molar-refractivity contribution in [2.24, 2.45) is 5.92 Å². The Morgan fingerprint density at radius 2 is 1.94 bits per heavy atom. The quantitative estimate of drug-likeness (QED) is 0.797. The van der Waals surface area contributed by atoms with Gasteiger partial charge >= 0.3 is 0 Å². The summed E-state index contributed by atoms with van der Waals surface area (Å²) in [6.07, 6.45) is 1.18. The predicted octanol–water partition coefficient (Wildman–Crippen LogP) is 3.65. The first-order valence-electron chi connectivity index (χ1n) is 6.45. The lowest BCUT2D eigenvalue weighted by Crippen LogP contribution is -2.33. The van der Waals surface area contributed by atoms with Gasteiger partial charge in [0.2, 0.25) is 0 Å². The molecule has 16 heavy (non-hydrogen) atoms. The summed E-state index contributed by atoms with van der Waals surface area (Å²) in [5.41, 5.74) is 4.54. The van der Waals surface area contributed by atoms with Crippen molar-refractivity contribution in [2.45, 2.75) is 46.1 Å². The van der Waals surface area contributed by atoms with Gasteiger partial charge in [-0.1, -0.05) is 45.9 Å². The molecule has 1 aliphatic heterocycles. The van der Waals surface area contributed by atoms with Gasteiger partial charge in [0.05, 0.1) is 0 Å². The minimum atomic E-state index is 0.544. The fourth-order valence-electron chi connectivity index (χ4n) is 2.56. The molecule has 1 nitrogen and oxygen atoms in total. The standard InChI is InChI=1S/C15H23N/c1-10(2)13-6-5-12-7-8-16-15(11(3)4)14(12)9-13/h5-6,9-11,15-16H,7-8H2,1-4H3. The molecule has 2 rings (SSSR count). The average Bonchev–Trinajstić information content (AvgIpc) is 2.27. The second kappa shape index (κ2) is 4.58. The van der Waals surface area contributed by atoms with E-state index in [4.69, 9.17) is 0 Å². The van der Waals surface area contributed by atoms with E-state index in [-0.39, 0.29) is 0 Å². The Labute approximate surface area is 99.3 Å². The molecule has 0 radical (unpaired) electrons. The van der Waals surface area contributed by atoms with Gasteiger partial charge in [0.25, 0.3) is 0 Å². The van der Waals surface area contributed by atoms with E-state index in [9.17, 15) is 0 Å². The average molecular weight is 217 g/mol. The second-order valence-corrected chi connectivity index (χ2v) is 5.54. The summed E-state index contributed by atoms with van der Waals surface area (Å²) in [7, 11) is 0. The zero-order valence-corrected chi connectivity index (χ0v) is 10.9. The molecular weight excluding hydrogens is 194 g/mol. The van der Waals surface area contributed by atoms with E-state index in [2.05, 4.69) is 51.2 Å². The molecule has 0 spiro atoms. The number of rotatable bonds is 2. The molecule has 0 saturated carbocycles. The van der Waals surface area contributed by atoms with Crippen LogP contribution in [0.15, 0.2) is 18.2 Å². The number of nitrogens with one attached hydrogen (secondary N) is 1. The fourth-order valence-corrected chi connectivity index (χ4v) is 2.56. The molecule has 88 valence electrons. The van der Waals surface area contributed by atoms with E-state index < -0.39 is 0 Å². The maximum atomic E-state index is 3.64. The SMILES string of the molecule is CC(C)c1ccc2c(c1)C(C(C)C)NCC2. The van der Waals surface area contributed by atoms with E-state index >= 15 is 0 Å². The number of benzene rings is 1. The Balaban J connectivity index is 2.40. The molecule has 1 atom stereocenters. The van der Waals surface area contributed by atoms with Crippen LogP contribution in [-0.2, 0) is 6.42 Å². The lowest BCUT2D eigenvalue weighted by Gasteiger charge is -2.30. The van der Waals surface area contributed by atoms with Crippen LogP contribution in [0.1, 0.15) is 56.3 Å². The largest absolute Gasteiger partial charge is 0.309 e. The maximum Gasteiger partial charge on any atom is 0.0346 e. The highest BCUT2D eigenvalue weighted by Crippen LogP contribution is 2.31. The van der Waals surface area contributed by atoms with E-state index in [0.717, 1.165) is 6.54 Å². The third-order valence-corrected chi connectivity index (χ3v) is 3.60. The number of hydrogen-bond donors (Lipinski definition) is 1. The minimum Gasteiger partial charge on any atom is -0.309 e. The zero-order valence-electron chi connectivity index (χ0n) is 10.9. The van der Waals surface area contributed by atoms with Crippen molar-refractivity contribution in [1.82, 2.24) is 5.32 Å². The highest BCUT2D eigenvalue weighted by molar-refractivity contribution is 5.37. The summed E-state index contributed by atoms with van der Waals surface area (Å²) in [4.78, 5) is 0. The first kappa shape index (κ1) is 11.7. The topological polar surface area (TPSA) is 12.0 Å². The van der Waals surface area contributed by atoms with Crippen LogP contribution in [0.25, 0.3) is 0 Å². The number of fused-ring (bicyclic) bond motifs is 1. The molecule has 1 aliphatic rings. The third kappa shape index (κ3) is 2.15. The lowest BCUT2D eigenvalue weighted by molar-refractivity contribution is 0.395. The van der Waals surface area contributed by atoms with Crippen LogP contribution in [0.3, 0.4) is 0 Å². The Bertz CT molecular complexity index is 366. The van der Waals surface area contributed by atoms with Crippen molar-refractivity contribution in [1.29, 1.82) is 0 Å². The summed E-state index contributed by atoms with van der Waals surface area (Å²) in [5.74, 6) is 1.29.